The van der Waals surface area contributed by atoms with Crippen LogP contribution < -0.4 is 0 Å². The van der Waals surface area contributed by atoms with Gasteiger partial charge in [-0.3, -0.25) is 14.4 Å². The Bertz CT molecular complexity index is 851. The molecule has 1 N–H and O–H groups in total. The first-order valence-electron chi connectivity index (χ1n) is 11.7. The molecule has 4 aliphatic rings. The number of carbonyl (C=O) groups excluding carboxylic acids is 3. The van der Waals surface area contributed by atoms with Crippen LogP contribution in [0.1, 0.15) is 47.0 Å². The number of hydrogen-bond donors (Lipinski definition) is 1. The average molecular weight is 447 g/mol. The van der Waals surface area contributed by atoms with Crippen LogP contribution >= 0.6 is 0 Å². The Morgan fingerprint density at radius 2 is 1.91 bits per heavy atom. The maximum atomic E-state index is 14.0. The Morgan fingerprint density at radius 1 is 1.16 bits per heavy atom. The highest BCUT2D eigenvalue weighted by Crippen LogP contribution is 2.57. The van der Waals surface area contributed by atoms with Crippen molar-refractivity contribution in [1.29, 1.82) is 0 Å². The SMILES string of the molecule is CCCC(C)N1CC=C[C@]23O[C@]4(C)C=CCOC(=O)[C@@H]4[C@H]2C(=O)N([C@@H](CC)CO)C3C1=O. The molecule has 0 aromatic carbocycles. The molecule has 0 bridgehead atoms. The van der Waals surface area contributed by atoms with Gasteiger partial charge in [-0.05, 0) is 32.8 Å². The fourth-order valence-corrected chi connectivity index (χ4v) is 6.09. The van der Waals surface area contributed by atoms with Crippen molar-refractivity contribution in [3.8, 4) is 0 Å². The number of aliphatic hydroxyl groups is 1. The van der Waals surface area contributed by atoms with Crippen molar-refractivity contribution in [3.05, 3.63) is 24.3 Å². The van der Waals surface area contributed by atoms with Crippen LogP contribution in [0.5, 0.6) is 0 Å². The van der Waals surface area contributed by atoms with Crippen LogP contribution in [0.2, 0.25) is 0 Å². The molecular weight excluding hydrogens is 412 g/mol. The minimum Gasteiger partial charge on any atom is -0.461 e. The summed E-state index contributed by atoms with van der Waals surface area (Å²) in [4.78, 5) is 44.3. The van der Waals surface area contributed by atoms with E-state index in [1.54, 1.807) is 24.0 Å². The molecule has 0 aromatic heterocycles. The van der Waals surface area contributed by atoms with Crippen LogP contribution in [0.25, 0.3) is 0 Å². The number of fused-ring (bicyclic) bond motifs is 2. The Kier molecular flexibility index (Phi) is 5.96. The van der Waals surface area contributed by atoms with Crippen molar-refractivity contribution >= 4 is 17.8 Å². The summed E-state index contributed by atoms with van der Waals surface area (Å²) < 4.78 is 12.0. The number of ether oxygens (including phenoxy) is 2. The summed E-state index contributed by atoms with van der Waals surface area (Å²) in [5, 5.41) is 10.1. The molecule has 7 atom stereocenters. The first-order valence-corrected chi connectivity index (χ1v) is 11.7. The van der Waals surface area contributed by atoms with E-state index >= 15 is 0 Å². The van der Waals surface area contributed by atoms with Gasteiger partial charge < -0.3 is 24.4 Å². The van der Waals surface area contributed by atoms with Crippen LogP contribution in [-0.4, -0.2) is 81.8 Å². The van der Waals surface area contributed by atoms with Gasteiger partial charge in [-0.2, -0.15) is 0 Å². The molecule has 0 radical (unpaired) electrons. The van der Waals surface area contributed by atoms with E-state index in [-0.39, 0.29) is 31.1 Å². The molecule has 176 valence electrons. The Hall–Kier alpha value is -2.19. The van der Waals surface area contributed by atoms with Crippen molar-refractivity contribution in [2.75, 3.05) is 19.8 Å². The van der Waals surface area contributed by atoms with E-state index in [0.29, 0.717) is 13.0 Å². The van der Waals surface area contributed by atoms with Crippen LogP contribution in [0.15, 0.2) is 24.3 Å². The highest BCUT2D eigenvalue weighted by atomic mass is 16.6. The van der Waals surface area contributed by atoms with Crippen molar-refractivity contribution in [1.82, 2.24) is 9.80 Å². The maximum absolute atomic E-state index is 14.0. The fourth-order valence-electron chi connectivity index (χ4n) is 6.09. The maximum Gasteiger partial charge on any atom is 0.313 e. The molecule has 8 heteroatoms. The predicted molar refractivity (Wildman–Crippen MR) is 116 cm³/mol. The topological polar surface area (TPSA) is 96.4 Å². The summed E-state index contributed by atoms with van der Waals surface area (Å²) in [6, 6.07) is -1.49. The van der Waals surface area contributed by atoms with Gasteiger partial charge in [0.25, 0.3) is 0 Å². The molecule has 4 heterocycles. The summed E-state index contributed by atoms with van der Waals surface area (Å²) in [5.74, 6) is -2.79. The number of hydrogen-bond acceptors (Lipinski definition) is 6. The molecule has 2 saturated heterocycles. The van der Waals surface area contributed by atoms with Gasteiger partial charge in [-0.25, -0.2) is 0 Å². The Morgan fingerprint density at radius 3 is 2.56 bits per heavy atom. The predicted octanol–water partition coefficient (Wildman–Crippen LogP) is 1.43. The third-order valence-corrected chi connectivity index (χ3v) is 7.60. The highest BCUT2D eigenvalue weighted by Gasteiger charge is 2.75. The van der Waals surface area contributed by atoms with Gasteiger partial charge in [-0.1, -0.05) is 38.5 Å². The normalized spacial score (nSPS) is 38.0. The standard InChI is InChI=1S/C24H34N2O6/c1-5-9-15(3)25-12-7-11-24-17(18-22(30)31-13-8-10-23(18,4)32-24)20(28)26(16(6-2)14-27)19(24)21(25)29/h7-8,10-11,15-19,27H,5-6,9,12-14H2,1-4H3/t15?,16-,17-,18-,19?,23+,24-/m0/s1. The van der Waals surface area contributed by atoms with Gasteiger partial charge in [0.2, 0.25) is 11.8 Å². The van der Waals surface area contributed by atoms with Crippen LogP contribution in [-0.2, 0) is 23.9 Å². The minimum absolute atomic E-state index is 0.00941. The van der Waals surface area contributed by atoms with Gasteiger partial charge >= 0.3 is 5.97 Å². The zero-order valence-corrected chi connectivity index (χ0v) is 19.3. The molecule has 2 fully saturated rings. The lowest BCUT2D eigenvalue weighted by molar-refractivity contribution is -0.160. The molecule has 2 amide bonds. The van der Waals surface area contributed by atoms with Gasteiger partial charge in [0.1, 0.15) is 24.2 Å². The number of nitrogens with zero attached hydrogens (tertiary/aromatic N) is 2. The lowest BCUT2D eigenvalue weighted by Gasteiger charge is -2.40. The molecular formula is C24H34N2O6. The van der Waals surface area contributed by atoms with E-state index in [2.05, 4.69) is 6.92 Å². The van der Waals surface area contributed by atoms with E-state index in [0.717, 1.165) is 12.8 Å². The number of carbonyl (C=O) groups is 3. The first-order chi connectivity index (χ1) is 15.3. The third-order valence-electron chi connectivity index (χ3n) is 7.60. The molecule has 32 heavy (non-hydrogen) atoms. The van der Waals surface area contributed by atoms with Crippen LogP contribution in [0.3, 0.4) is 0 Å². The van der Waals surface area contributed by atoms with Crippen LogP contribution in [0, 0.1) is 11.8 Å². The zero-order valence-electron chi connectivity index (χ0n) is 19.3. The minimum atomic E-state index is -1.29. The zero-order chi connectivity index (χ0) is 23.3. The quantitative estimate of drug-likeness (QED) is 0.490. The van der Waals surface area contributed by atoms with Gasteiger partial charge in [0, 0.05) is 12.6 Å². The van der Waals surface area contributed by atoms with E-state index in [1.165, 1.54) is 4.90 Å². The summed E-state index contributed by atoms with van der Waals surface area (Å²) in [7, 11) is 0. The molecule has 8 nitrogen and oxygen atoms in total. The number of aliphatic hydroxyl groups excluding tert-OH is 1. The number of esters is 1. The number of amides is 2. The van der Waals surface area contributed by atoms with Crippen LogP contribution in [0.4, 0.5) is 0 Å². The largest absolute Gasteiger partial charge is 0.461 e. The summed E-state index contributed by atoms with van der Waals surface area (Å²) in [5.41, 5.74) is -2.36. The van der Waals surface area contributed by atoms with Gasteiger partial charge in [0.05, 0.1) is 24.2 Å². The van der Waals surface area contributed by atoms with Crippen molar-refractivity contribution in [2.24, 2.45) is 11.8 Å². The Balaban J connectivity index is 1.88. The second kappa shape index (κ2) is 8.30. The van der Waals surface area contributed by atoms with Crippen molar-refractivity contribution in [2.45, 2.75) is 76.3 Å². The number of rotatable bonds is 6. The van der Waals surface area contributed by atoms with Crippen molar-refractivity contribution in [3.63, 3.8) is 0 Å². The van der Waals surface area contributed by atoms with E-state index in [1.807, 2.05) is 26.0 Å². The molecule has 2 unspecified atom stereocenters. The van der Waals surface area contributed by atoms with Gasteiger partial charge in [-0.15, -0.1) is 0 Å². The summed E-state index contributed by atoms with van der Waals surface area (Å²) in [6.07, 6.45) is 9.47. The first kappa shape index (κ1) is 23.0. The van der Waals surface area contributed by atoms with E-state index < -0.39 is 41.1 Å². The Labute approximate surface area is 189 Å². The summed E-state index contributed by atoms with van der Waals surface area (Å²) in [6.45, 7) is 8.01. The monoisotopic (exact) mass is 446 g/mol. The number of cyclic esters (lactones) is 1. The molecule has 0 saturated carbocycles. The fraction of sp³-hybridized carbons (Fsp3) is 0.708. The lowest BCUT2D eigenvalue weighted by atomic mass is 9.74. The molecule has 0 aromatic rings. The second-order valence-corrected chi connectivity index (χ2v) is 9.55. The van der Waals surface area contributed by atoms with E-state index in [4.69, 9.17) is 9.47 Å². The highest BCUT2D eigenvalue weighted by molar-refractivity contribution is 5.99. The smallest absolute Gasteiger partial charge is 0.313 e. The summed E-state index contributed by atoms with van der Waals surface area (Å²) >= 11 is 0. The lowest BCUT2D eigenvalue weighted by Crippen LogP contribution is -2.59. The molecule has 4 aliphatic heterocycles. The average Bonchev–Trinajstić information content (AvgIpc) is 3.01. The van der Waals surface area contributed by atoms with Crippen molar-refractivity contribution < 1.29 is 29.0 Å². The third kappa shape index (κ3) is 3.14. The van der Waals surface area contributed by atoms with E-state index in [9.17, 15) is 19.5 Å². The molecule has 0 aliphatic carbocycles. The van der Waals surface area contributed by atoms with Gasteiger partial charge in [0.15, 0.2) is 0 Å². The molecule has 1 spiro atoms. The number of likely N-dealkylation sites (tertiary alicyclic amines) is 1. The molecule has 4 rings (SSSR count). The second-order valence-electron chi connectivity index (χ2n) is 9.55.